The highest BCUT2D eigenvalue weighted by molar-refractivity contribution is 5.82. The first-order valence-corrected chi connectivity index (χ1v) is 5.56. The molecule has 0 aliphatic carbocycles. The van der Waals surface area contributed by atoms with E-state index in [0.29, 0.717) is 18.9 Å². The lowest BCUT2D eigenvalue weighted by Gasteiger charge is -2.25. The molecule has 1 aliphatic heterocycles. The first-order chi connectivity index (χ1) is 6.61. The van der Waals surface area contributed by atoms with Crippen LogP contribution < -0.4 is 0 Å². The molecule has 0 aromatic rings. The highest BCUT2D eigenvalue weighted by atomic mass is 16.3. The molecule has 1 atom stereocenters. The number of nitrogens with zero attached hydrogens (tertiary/aromatic N) is 1. The summed E-state index contributed by atoms with van der Waals surface area (Å²) < 4.78 is 0. The fourth-order valence-corrected chi connectivity index (χ4v) is 1.90. The van der Waals surface area contributed by atoms with Crippen molar-refractivity contribution in [1.82, 2.24) is 4.90 Å². The van der Waals surface area contributed by atoms with Crippen molar-refractivity contribution in [3.8, 4) is 0 Å². The van der Waals surface area contributed by atoms with Gasteiger partial charge in [-0.25, -0.2) is 0 Å². The summed E-state index contributed by atoms with van der Waals surface area (Å²) >= 11 is 0. The van der Waals surface area contributed by atoms with E-state index in [2.05, 4.69) is 18.7 Å². The van der Waals surface area contributed by atoms with Crippen LogP contribution in [0.2, 0.25) is 0 Å². The van der Waals surface area contributed by atoms with Crippen molar-refractivity contribution >= 4 is 5.78 Å². The van der Waals surface area contributed by atoms with Crippen LogP contribution in [0, 0.1) is 0 Å². The minimum atomic E-state index is -0.706. The molecule has 82 valence electrons. The standard InChI is InChI=1S/C11H21NO2/c1-9(2)12-7-3-5-10(13)11(14)6-4-8-12/h9-10,13H,3-8H2,1-2H3. The zero-order chi connectivity index (χ0) is 10.6. The SMILES string of the molecule is CC(C)N1CCCC(=O)C(O)CCC1. The molecular formula is C11H21NO2. The minimum absolute atomic E-state index is 0.0237. The van der Waals surface area contributed by atoms with Crippen molar-refractivity contribution in [1.29, 1.82) is 0 Å². The molecule has 0 aromatic carbocycles. The molecule has 0 radical (unpaired) electrons. The molecular weight excluding hydrogens is 178 g/mol. The first-order valence-electron chi connectivity index (χ1n) is 5.56. The van der Waals surface area contributed by atoms with Gasteiger partial charge in [0.05, 0.1) is 0 Å². The first kappa shape index (κ1) is 11.7. The van der Waals surface area contributed by atoms with Crippen LogP contribution >= 0.6 is 0 Å². The second kappa shape index (κ2) is 5.47. The summed E-state index contributed by atoms with van der Waals surface area (Å²) in [6.07, 6.45) is 2.26. The van der Waals surface area contributed by atoms with Crippen LogP contribution in [0.4, 0.5) is 0 Å². The highest BCUT2D eigenvalue weighted by Crippen LogP contribution is 2.11. The molecule has 0 saturated carbocycles. The van der Waals surface area contributed by atoms with Crippen LogP contribution in [0.1, 0.15) is 39.5 Å². The van der Waals surface area contributed by atoms with Crippen molar-refractivity contribution in [2.75, 3.05) is 13.1 Å². The van der Waals surface area contributed by atoms with Gasteiger partial charge in [0.1, 0.15) is 6.10 Å². The number of carbonyl (C=O) groups excluding carboxylic acids is 1. The van der Waals surface area contributed by atoms with Crippen molar-refractivity contribution in [3.63, 3.8) is 0 Å². The third-order valence-corrected chi connectivity index (χ3v) is 2.89. The van der Waals surface area contributed by atoms with Gasteiger partial charge in [-0.2, -0.15) is 0 Å². The molecule has 1 fully saturated rings. The maximum Gasteiger partial charge on any atom is 0.161 e. The lowest BCUT2D eigenvalue weighted by atomic mass is 10.1. The molecule has 3 nitrogen and oxygen atoms in total. The third kappa shape index (κ3) is 3.39. The number of hydrogen-bond donors (Lipinski definition) is 1. The third-order valence-electron chi connectivity index (χ3n) is 2.89. The Kier molecular flexibility index (Phi) is 4.55. The molecule has 1 heterocycles. The van der Waals surface area contributed by atoms with Gasteiger partial charge in [0, 0.05) is 12.5 Å². The van der Waals surface area contributed by atoms with Crippen LogP contribution in [0.5, 0.6) is 0 Å². The van der Waals surface area contributed by atoms with Crippen LogP contribution in [-0.4, -0.2) is 41.0 Å². The summed E-state index contributed by atoms with van der Waals surface area (Å²) in [5, 5.41) is 9.46. The summed E-state index contributed by atoms with van der Waals surface area (Å²) in [6, 6.07) is 0.542. The van der Waals surface area contributed by atoms with Crippen LogP contribution in [0.3, 0.4) is 0 Å². The summed E-state index contributed by atoms with van der Waals surface area (Å²) in [5.74, 6) is 0.0237. The van der Waals surface area contributed by atoms with Gasteiger partial charge in [-0.1, -0.05) is 0 Å². The molecule has 0 amide bonds. The zero-order valence-corrected chi connectivity index (χ0v) is 9.20. The molecule has 0 spiro atoms. The van der Waals surface area contributed by atoms with E-state index in [1.165, 1.54) is 0 Å². The van der Waals surface area contributed by atoms with Gasteiger partial charge < -0.3 is 10.0 Å². The molecule has 1 N–H and O–H groups in total. The van der Waals surface area contributed by atoms with Gasteiger partial charge in [0.15, 0.2) is 5.78 Å². The van der Waals surface area contributed by atoms with Gasteiger partial charge in [0.2, 0.25) is 0 Å². The van der Waals surface area contributed by atoms with E-state index >= 15 is 0 Å². The van der Waals surface area contributed by atoms with E-state index < -0.39 is 6.10 Å². The van der Waals surface area contributed by atoms with Gasteiger partial charge in [0.25, 0.3) is 0 Å². The Morgan fingerprint density at radius 3 is 2.64 bits per heavy atom. The number of carbonyl (C=O) groups is 1. The van der Waals surface area contributed by atoms with Crippen molar-refractivity contribution < 1.29 is 9.90 Å². The summed E-state index contributed by atoms with van der Waals surface area (Å²) in [4.78, 5) is 13.7. The number of hydrogen-bond acceptors (Lipinski definition) is 3. The second-order valence-corrected chi connectivity index (χ2v) is 4.36. The number of ketones is 1. The summed E-state index contributed by atoms with van der Waals surface area (Å²) in [6.45, 7) is 6.34. The van der Waals surface area contributed by atoms with E-state index in [1.807, 2.05) is 0 Å². The van der Waals surface area contributed by atoms with Crippen LogP contribution in [-0.2, 0) is 4.79 Å². The number of aliphatic hydroxyl groups excluding tert-OH is 1. The van der Waals surface area contributed by atoms with E-state index in [-0.39, 0.29) is 5.78 Å². The van der Waals surface area contributed by atoms with Crippen LogP contribution in [0.25, 0.3) is 0 Å². The topological polar surface area (TPSA) is 40.5 Å². The molecule has 0 aromatic heterocycles. The normalized spacial score (nSPS) is 27.1. The van der Waals surface area contributed by atoms with E-state index in [1.54, 1.807) is 0 Å². The van der Waals surface area contributed by atoms with E-state index in [9.17, 15) is 9.90 Å². The molecule has 0 bridgehead atoms. The van der Waals surface area contributed by atoms with Gasteiger partial charge >= 0.3 is 0 Å². The second-order valence-electron chi connectivity index (χ2n) is 4.36. The summed E-state index contributed by atoms with van der Waals surface area (Å²) in [7, 11) is 0. The lowest BCUT2D eigenvalue weighted by molar-refractivity contribution is -0.127. The van der Waals surface area contributed by atoms with Gasteiger partial charge in [-0.15, -0.1) is 0 Å². The maximum absolute atomic E-state index is 11.3. The predicted octanol–water partition coefficient (Wildman–Crippen LogP) is 1.20. The molecule has 1 aliphatic rings. The summed E-state index contributed by atoms with van der Waals surface area (Å²) in [5.41, 5.74) is 0. The Hall–Kier alpha value is -0.410. The highest BCUT2D eigenvalue weighted by Gasteiger charge is 2.18. The molecule has 14 heavy (non-hydrogen) atoms. The Morgan fingerprint density at radius 2 is 2.00 bits per heavy atom. The van der Waals surface area contributed by atoms with E-state index in [4.69, 9.17) is 0 Å². The monoisotopic (exact) mass is 199 g/mol. The van der Waals surface area contributed by atoms with Crippen molar-refractivity contribution in [2.24, 2.45) is 0 Å². The average molecular weight is 199 g/mol. The molecule has 1 saturated heterocycles. The fourth-order valence-electron chi connectivity index (χ4n) is 1.90. The molecule has 3 heteroatoms. The van der Waals surface area contributed by atoms with E-state index in [0.717, 1.165) is 25.9 Å². The zero-order valence-electron chi connectivity index (χ0n) is 9.20. The Labute approximate surface area is 86.1 Å². The number of Topliss-reactive ketones (excluding diaryl/α,β-unsaturated/α-hetero) is 1. The number of aliphatic hydroxyl groups is 1. The van der Waals surface area contributed by atoms with Gasteiger partial charge in [-0.3, -0.25) is 4.79 Å². The lowest BCUT2D eigenvalue weighted by Crippen LogP contribution is -2.32. The molecule has 1 unspecified atom stereocenters. The smallest absolute Gasteiger partial charge is 0.161 e. The Morgan fingerprint density at radius 1 is 1.36 bits per heavy atom. The Bertz CT molecular complexity index is 192. The van der Waals surface area contributed by atoms with Crippen molar-refractivity contribution in [3.05, 3.63) is 0 Å². The maximum atomic E-state index is 11.3. The quantitative estimate of drug-likeness (QED) is 0.690. The fraction of sp³-hybridized carbons (Fsp3) is 0.909. The predicted molar refractivity (Wildman–Crippen MR) is 56.2 cm³/mol. The van der Waals surface area contributed by atoms with Gasteiger partial charge in [-0.05, 0) is 46.2 Å². The molecule has 1 rings (SSSR count). The minimum Gasteiger partial charge on any atom is -0.385 e. The number of rotatable bonds is 1. The van der Waals surface area contributed by atoms with Crippen molar-refractivity contribution in [2.45, 2.75) is 51.7 Å². The largest absolute Gasteiger partial charge is 0.385 e. The Balaban J connectivity index is 2.47. The average Bonchev–Trinajstić information content (AvgIpc) is 2.20. The van der Waals surface area contributed by atoms with Crippen LogP contribution in [0.15, 0.2) is 0 Å².